The second kappa shape index (κ2) is 5.61. The summed E-state index contributed by atoms with van der Waals surface area (Å²) >= 11 is 0. The second-order valence-corrected chi connectivity index (χ2v) is 3.58. The minimum Gasteiger partial charge on any atom is -0.497 e. The van der Waals surface area contributed by atoms with Crippen LogP contribution in [0.15, 0.2) is 29.4 Å². The first-order valence-electron chi connectivity index (χ1n) is 4.99. The number of hydrogen-bond donors (Lipinski definition) is 1. The van der Waals surface area contributed by atoms with Gasteiger partial charge in [-0.1, -0.05) is 12.1 Å². The molecule has 0 bridgehead atoms. The zero-order valence-corrected chi connectivity index (χ0v) is 10.0. The number of amidine groups is 1. The zero-order chi connectivity index (χ0) is 10.7. The predicted molar refractivity (Wildman–Crippen MR) is 66.9 cm³/mol. The van der Waals surface area contributed by atoms with Crippen LogP contribution in [0.1, 0.15) is 12.0 Å². The van der Waals surface area contributed by atoms with E-state index in [-0.39, 0.29) is 12.4 Å². The van der Waals surface area contributed by atoms with Crippen molar-refractivity contribution in [2.24, 2.45) is 10.8 Å². The summed E-state index contributed by atoms with van der Waals surface area (Å²) in [6.45, 7) is 1.70. The van der Waals surface area contributed by atoms with Crippen LogP contribution in [0.2, 0.25) is 0 Å². The highest BCUT2D eigenvalue weighted by Gasteiger charge is 2.11. The van der Waals surface area contributed by atoms with E-state index in [0.29, 0.717) is 0 Å². The van der Waals surface area contributed by atoms with Crippen molar-refractivity contribution in [1.82, 2.24) is 5.01 Å². The lowest BCUT2D eigenvalue weighted by atomic mass is 10.2. The number of hydrazone groups is 1. The highest BCUT2D eigenvalue weighted by Crippen LogP contribution is 2.15. The Morgan fingerprint density at radius 1 is 1.50 bits per heavy atom. The molecule has 0 atom stereocenters. The van der Waals surface area contributed by atoms with Crippen LogP contribution in [0.3, 0.4) is 0 Å². The zero-order valence-electron chi connectivity index (χ0n) is 9.22. The SMILES string of the molecule is COc1cccc(CN2CCC(N)=N2)c1.Cl. The third-order valence-corrected chi connectivity index (χ3v) is 2.40. The molecule has 88 valence electrons. The van der Waals surface area contributed by atoms with Crippen LogP contribution in [0.4, 0.5) is 0 Å². The number of methoxy groups -OCH3 is 1. The van der Waals surface area contributed by atoms with E-state index in [0.717, 1.165) is 31.1 Å². The molecule has 0 saturated heterocycles. The summed E-state index contributed by atoms with van der Waals surface area (Å²) in [7, 11) is 1.67. The van der Waals surface area contributed by atoms with Gasteiger partial charge >= 0.3 is 0 Å². The largest absolute Gasteiger partial charge is 0.497 e. The maximum absolute atomic E-state index is 5.62. The topological polar surface area (TPSA) is 50.9 Å². The average Bonchev–Trinajstić information content (AvgIpc) is 2.64. The van der Waals surface area contributed by atoms with Gasteiger partial charge in [0.1, 0.15) is 11.6 Å². The number of rotatable bonds is 3. The van der Waals surface area contributed by atoms with Gasteiger partial charge in [-0.15, -0.1) is 12.4 Å². The van der Waals surface area contributed by atoms with Gasteiger partial charge in [0.25, 0.3) is 0 Å². The van der Waals surface area contributed by atoms with Gasteiger partial charge in [0, 0.05) is 13.0 Å². The Labute approximate surface area is 101 Å². The van der Waals surface area contributed by atoms with Crippen molar-refractivity contribution >= 4 is 18.2 Å². The fraction of sp³-hybridized carbons (Fsp3) is 0.364. The molecule has 2 N–H and O–H groups in total. The summed E-state index contributed by atoms with van der Waals surface area (Å²) in [5, 5.41) is 6.20. The Morgan fingerprint density at radius 2 is 2.31 bits per heavy atom. The van der Waals surface area contributed by atoms with E-state index >= 15 is 0 Å². The van der Waals surface area contributed by atoms with Gasteiger partial charge in [0.15, 0.2) is 0 Å². The molecule has 0 aliphatic carbocycles. The van der Waals surface area contributed by atoms with Crippen LogP contribution >= 0.6 is 12.4 Å². The van der Waals surface area contributed by atoms with Crippen molar-refractivity contribution in [2.75, 3.05) is 13.7 Å². The summed E-state index contributed by atoms with van der Waals surface area (Å²) in [6.07, 6.45) is 0.865. The van der Waals surface area contributed by atoms with E-state index in [1.54, 1.807) is 7.11 Å². The first kappa shape index (κ1) is 12.6. The molecule has 5 heteroatoms. The Bertz CT molecular complexity index is 381. The van der Waals surface area contributed by atoms with Crippen LogP contribution in [0.5, 0.6) is 5.75 Å². The lowest BCUT2D eigenvalue weighted by Crippen LogP contribution is -2.13. The molecule has 0 spiro atoms. The van der Waals surface area contributed by atoms with E-state index in [2.05, 4.69) is 11.2 Å². The lowest BCUT2D eigenvalue weighted by Gasteiger charge is -2.13. The summed E-state index contributed by atoms with van der Waals surface area (Å²) in [6, 6.07) is 8.00. The third-order valence-electron chi connectivity index (χ3n) is 2.40. The third kappa shape index (κ3) is 3.03. The average molecular weight is 242 g/mol. The molecule has 0 fully saturated rings. The van der Waals surface area contributed by atoms with Crippen molar-refractivity contribution in [1.29, 1.82) is 0 Å². The number of nitrogens with two attached hydrogens (primary N) is 1. The first-order chi connectivity index (χ1) is 7.28. The molecule has 4 nitrogen and oxygen atoms in total. The van der Waals surface area contributed by atoms with Gasteiger partial charge in [-0.3, -0.25) is 5.01 Å². The normalized spacial score (nSPS) is 14.3. The number of ether oxygens (including phenoxy) is 1. The summed E-state index contributed by atoms with van der Waals surface area (Å²) in [5.41, 5.74) is 6.81. The van der Waals surface area contributed by atoms with Crippen molar-refractivity contribution in [3.63, 3.8) is 0 Å². The highest BCUT2D eigenvalue weighted by molar-refractivity contribution is 5.85. The second-order valence-electron chi connectivity index (χ2n) is 3.58. The van der Waals surface area contributed by atoms with E-state index in [1.807, 2.05) is 23.2 Å². The number of nitrogens with zero attached hydrogens (tertiary/aromatic N) is 2. The molecule has 1 aliphatic rings. The minimum atomic E-state index is 0. The Kier molecular flexibility index (Phi) is 4.43. The van der Waals surface area contributed by atoms with Gasteiger partial charge in [0.2, 0.25) is 0 Å². The first-order valence-corrected chi connectivity index (χ1v) is 4.99. The van der Waals surface area contributed by atoms with Gasteiger partial charge in [-0.2, -0.15) is 5.10 Å². The summed E-state index contributed by atoms with van der Waals surface area (Å²) < 4.78 is 5.16. The predicted octanol–water partition coefficient (Wildman–Crippen LogP) is 1.59. The molecule has 0 radical (unpaired) electrons. The Morgan fingerprint density at radius 3 is 2.94 bits per heavy atom. The van der Waals surface area contributed by atoms with Crippen LogP contribution in [0.25, 0.3) is 0 Å². The Balaban J connectivity index is 0.00000128. The fourth-order valence-electron chi connectivity index (χ4n) is 1.62. The van der Waals surface area contributed by atoms with Gasteiger partial charge < -0.3 is 10.5 Å². The maximum Gasteiger partial charge on any atom is 0.121 e. The van der Waals surface area contributed by atoms with Crippen LogP contribution in [-0.2, 0) is 6.54 Å². The number of halogens is 1. The standard InChI is InChI=1S/C11H15N3O.ClH/c1-15-10-4-2-3-9(7-10)8-14-6-5-11(12)13-14;/h2-4,7H,5-6,8H2,1H3,(H2,12,13);1H. The Hall–Kier alpha value is -1.42. The van der Waals surface area contributed by atoms with Crippen molar-refractivity contribution in [2.45, 2.75) is 13.0 Å². The molecule has 0 amide bonds. The van der Waals surface area contributed by atoms with Crippen LogP contribution in [0, 0.1) is 0 Å². The smallest absolute Gasteiger partial charge is 0.121 e. The molecule has 1 aromatic rings. The molecular formula is C11H16ClN3O. The van der Waals surface area contributed by atoms with E-state index in [1.165, 1.54) is 5.56 Å². The van der Waals surface area contributed by atoms with Gasteiger partial charge in [-0.05, 0) is 17.7 Å². The van der Waals surface area contributed by atoms with Crippen molar-refractivity contribution in [3.05, 3.63) is 29.8 Å². The number of benzene rings is 1. The van der Waals surface area contributed by atoms with Crippen LogP contribution < -0.4 is 10.5 Å². The van der Waals surface area contributed by atoms with Gasteiger partial charge in [0.05, 0.1) is 13.7 Å². The van der Waals surface area contributed by atoms with Crippen molar-refractivity contribution in [3.8, 4) is 5.75 Å². The molecule has 2 rings (SSSR count). The van der Waals surface area contributed by atoms with Crippen LogP contribution in [-0.4, -0.2) is 24.5 Å². The molecule has 1 heterocycles. The molecule has 1 aliphatic heterocycles. The molecule has 0 aromatic heterocycles. The molecule has 1 aromatic carbocycles. The highest BCUT2D eigenvalue weighted by atomic mass is 35.5. The lowest BCUT2D eigenvalue weighted by molar-refractivity contribution is 0.309. The monoisotopic (exact) mass is 241 g/mol. The molecule has 0 saturated carbocycles. The minimum absolute atomic E-state index is 0. The summed E-state index contributed by atoms with van der Waals surface area (Å²) in [4.78, 5) is 0. The van der Waals surface area contributed by atoms with Gasteiger partial charge in [-0.25, -0.2) is 0 Å². The quantitative estimate of drug-likeness (QED) is 0.875. The molecule has 0 unspecified atom stereocenters. The van der Waals surface area contributed by atoms with Crippen molar-refractivity contribution < 1.29 is 4.74 Å². The molecular weight excluding hydrogens is 226 g/mol. The van der Waals surface area contributed by atoms with E-state index in [4.69, 9.17) is 10.5 Å². The maximum atomic E-state index is 5.62. The fourth-order valence-corrected chi connectivity index (χ4v) is 1.62. The molecule has 16 heavy (non-hydrogen) atoms. The summed E-state index contributed by atoms with van der Waals surface area (Å²) in [5.74, 6) is 1.60. The van der Waals surface area contributed by atoms with E-state index < -0.39 is 0 Å². The van der Waals surface area contributed by atoms with E-state index in [9.17, 15) is 0 Å². The number of hydrogen-bond acceptors (Lipinski definition) is 4.